The normalized spacial score (nSPS) is 29.4. The monoisotopic (exact) mass is 1020 g/mol. The summed E-state index contributed by atoms with van der Waals surface area (Å²) in [6.45, 7) is 21.8. The van der Waals surface area contributed by atoms with E-state index in [1.54, 1.807) is 23.5 Å². The molecule has 8 heterocycles. The first kappa shape index (κ1) is 50.8. The first-order valence-corrected chi connectivity index (χ1v) is 28.3. The minimum absolute atomic E-state index is 0.0292. The van der Waals surface area contributed by atoms with Gasteiger partial charge in [0.25, 0.3) is 5.91 Å². The molecule has 5 aliphatic heterocycles. The molecule has 15 nitrogen and oxygen atoms in total. The van der Waals surface area contributed by atoms with Crippen LogP contribution >= 0.6 is 11.3 Å². The number of rotatable bonds is 12. The smallest absolute Gasteiger partial charge is 0.324 e. The summed E-state index contributed by atoms with van der Waals surface area (Å²) >= 11 is 1.54. The Morgan fingerprint density at radius 1 is 0.986 bits per heavy atom. The highest BCUT2D eigenvalue weighted by Gasteiger charge is 2.52. The number of methoxy groups -OCH3 is 1. The molecular weight excluding hydrogens is 941 g/mol. The Bertz CT molecular complexity index is 2690. The molecule has 11 rings (SSSR count). The Kier molecular flexibility index (Phi) is 14.2. The number of hydrazine groups is 1. The quantitative estimate of drug-likeness (QED) is 0.132. The molecular formula is C57H78N8O7S. The summed E-state index contributed by atoms with van der Waals surface area (Å²) in [6.07, 6.45) is 9.11. The molecule has 73 heavy (non-hydrogen) atoms. The second-order valence-electron chi connectivity index (χ2n) is 24.3. The highest BCUT2D eigenvalue weighted by Crippen LogP contribution is 2.48. The van der Waals surface area contributed by atoms with Gasteiger partial charge in [0, 0.05) is 104 Å². The van der Waals surface area contributed by atoms with Crippen LogP contribution in [-0.2, 0) is 46.3 Å². The van der Waals surface area contributed by atoms with Gasteiger partial charge in [0.15, 0.2) is 0 Å². The van der Waals surface area contributed by atoms with Crippen molar-refractivity contribution in [1.29, 1.82) is 0 Å². The van der Waals surface area contributed by atoms with E-state index in [-0.39, 0.29) is 53.8 Å². The van der Waals surface area contributed by atoms with Gasteiger partial charge in [-0.1, -0.05) is 47.6 Å². The van der Waals surface area contributed by atoms with Crippen LogP contribution in [0.3, 0.4) is 0 Å². The topological polar surface area (TPSA) is 153 Å². The molecule has 2 aliphatic carbocycles. The van der Waals surface area contributed by atoms with Gasteiger partial charge in [-0.3, -0.25) is 34.2 Å². The number of ether oxygens (including phenoxy) is 4. The van der Waals surface area contributed by atoms with Crippen LogP contribution in [0.2, 0.25) is 0 Å². The molecule has 4 aromatic rings. The van der Waals surface area contributed by atoms with Crippen LogP contribution in [0.15, 0.2) is 35.8 Å². The zero-order chi connectivity index (χ0) is 50.9. The molecule has 4 saturated heterocycles. The Balaban J connectivity index is 1.07. The first-order valence-electron chi connectivity index (χ1n) is 27.4. The van der Waals surface area contributed by atoms with E-state index in [1.165, 1.54) is 18.4 Å². The average molecular weight is 1020 g/mol. The van der Waals surface area contributed by atoms with Gasteiger partial charge in [-0.15, -0.1) is 11.3 Å². The largest absolute Gasteiger partial charge is 0.464 e. The van der Waals surface area contributed by atoms with E-state index in [9.17, 15) is 9.59 Å². The lowest BCUT2D eigenvalue weighted by Crippen LogP contribution is -2.65. The van der Waals surface area contributed by atoms with Crippen molar-refractivity contribution in [2.45, 2.75) is 149 Å². The van der Waals surface area contributed by atoms with Gasteiger partial charge in [-0.25, -0.2) is 10.4 Å². The van der Waals surface area contributed by atoms with Gasteiger partial charge in [0.1, 0.15) is 17.1 Å². The molecule has 1 unspecified atom stereocenters. The maximum absolute atomic E-state index is 15.1. The number of benzene rings is 1. The third-order valence-electron chi connectivity index (χ3n) is 17.4. The lowest BCUT2D eigenvalue weighted by molar-refractivity contribution is -0.156. The summed E-state index contributed by atoms with van der Waals surface area (Å²) in [4.78, 5) is 59.3. The van der Waals surface area contributed by atoms with Crippen LogP contribution in [-0.4, -0.2) is 138 Å². The molecule has 7 aliphatic rings. The Morgan fingerprint density at radius 2 is 1.77 bits per heavy atom. The zero-order valence-electron chi connectivity index (χ0n) is 44.4. The van der Waals surface area contributed by atoms with Crippen LogP contribution in [0.25, 0.3) is 33.4 Å². The Morgan fingerprint density at radius 3 is 2.49 bits per heavy atom. The van der Waals surface area contributed by atoms with Crippen LogP contribution < -0.4 is 10.7 Å². The standard InChI is InChI=1S/C57H78N8O7S/c1-33-34(2)47(33)52(66)60-49-51(63-30-57(6,7)31-63)53-59-45(29-73-53)36-11-14-46-41(24-36)43(26-56(4,5)32-72-55(68)44-10-9-18-65(61-44)54(49)67)50(64(46)20-23-71-40-16-21-70-22-17-40)42-25-38(27-58-48(42)35(3)69-8)37-15-19-62(28-37)39-12-13-39/h11,14,24-25,27,29,33-35,37,39-40,44,47,49,51,61H,9-10,12-13,15-23,26,28,30-32H2,1-8H3,(H,60,66)/t33-,34+,35-,37-,44-,47?,49-,51-/m0/s1. The molecule has 3 aromatic heterocycles. The predicted molar refractivity (Wildman–Crippen MR) is 282 cm³/mol. The van der Waals surface area contributed by atoms with Gasteiger partial charge < -0.3 is 28.8 Å². The molecule has 16 heteroatoms. The highest BCUT2D eigenvalue weighted by molar-refractivity contribution is 7.10. The fourth-order valence-electron chi connectivity index (χ4n) is 12.8. The molecule has 0 spiro atoms. The second-order valence-corrected chi connectivity index (χ2v) is 25.2. The van der Waals surface area contributed by atoms with Gasteiger partial charge in [-0.2, -0.15) is 0 Å². The molecule has 2 saturated carbocycles. The van der Waals surface area contributed by atoms with E-state index in [2.05, 4.69) is 109 Å². The molecule has 1 aromatic carbocycles. The third-order valence-corrected chi connectivity index (χ3v) is 18.3. The maximum atomic E-state index is 15.1. The van der Waals surface area contributed by atoms with E-state index in [0.29, 0.717) is 64.1 Å². The van der Waals surface area contributed by atoms with E-state index in [0.717, 1.165) is 95.1 Å². The Labute approximate surface area is 435 Å². The lowest BCUT2D eigenvalue weighted by Gasteiger charge is -2.51. The number of esters is 1. The number of thiazole rings is 1. The van der Waals surface area contributed by atoms with Gasteiger partial charge >= 0.3 is 5.97 Å². The highest BCUT2D eigenvalue weighted by atomic mass is 32.1. The SMILES string of the molecule is CO[C@@H](C)c1ncc([C@H]2CCN(C3CC3)C2)cc1-c1c2c3cc(ccc3n1CCOC1CCOCC1)-c1csc(n1)[C@@H](N1CC(C)(C)C1)[C@H](NC(=O)C1[C@@H](C)[C@H]1C)C(=O)N1CCC[C@H](N1)C(=O)OCC(C)(C)C2. The number of fused-ring (bicyclic) bond motifs is 6. The molecule has 394 valence electrons. The molecule has 2 N–H and O–H groups in total. The zero-order valence-corrected chi connectivity index (χ0v) is 45.2. The van der Waals surface area contributed by atoms with Crippen molar-refractivity contribution in [3.8, 4) is 22.5 Å². The van der Waals surface area contributed by atoms with Crippen molar-refractivity contribution in [3.05, 3.63) is 57.7 Å². The van der Waals surface area contributed by atoms with Crippen molar-refractivity contribution in [2.24, 2.45) is 28.6 Å². The van der Waals surface area contributed by atoms with E-state index in [1.807, 2.05) is 0 Å². The molecule has 6 bridgehead atoms. The van der Waals surface area contributed by atoms with Gasteiger partial charge in [0.2, 0.25) is 5.91 Å². The molecule has 6 fully saturated rings. The number of hydrogen-bond donors (Lipinski definition) is 2. The van der Waals surface area contributed by atoms with E-state index < -0.39 is 29.5 Å². The number of aromatic nitrogens is 3. The predicted octanol–water partition coefficient (Wildman–Crippen LogP) is 8.07. The van der Waals surface area contributed by atoms with Crippen molar-refractivity contribution in [3.63, 3.8) is 0 Å². The number of cyclic esters (lactones) is 1. The third kappa shape index (κ3) is 10.4. The van der Waals surface area contributed by atoms with Gasteiger partial charge in [-0.05, 0) is 117 Å². The summed E-state index contributed by atoms with van der Waals surface area (Å²) in [5.74, 6) is -0.0958. The number of nitrogens with zero attached hydrogens (tertiary/aromatic N) is 6. The fourth-order valence-corrected chi connectivity index (χ4v) is 13.8. The number of amides is 2. The number of likely N-dealkylation sites (tertiary alicyclic amines) is 2. The summed E-state index contributed by atoms with van der Waals surface area (Å²) < 4.78 is 27.3. The molecule has 0 radical (unpaired) electrons. The number of carbonyl (C=O) groups excluding carboxylic acids is 3. The minimum atomic E-state index is -0.939. The fraction of sp³-hybridized carbons (Fsp3) is 0.667. The second kappa shape index (κ2) is 20.3. The van der Waals surface area contributed by atoms with Crippen LogP contribution in [0.1, 0.15) is 133 Å². The molecule has 2 amide bonds. The van der Waals surface area contributed by atoms with Crippen LogP contribution in [0.4, 0.5) is 0 Å². The van der Waals surface area contributed by atoms with E-state index >= 15 is 4.79 Å². The first-order chi connectivity index (χ1) is 35.1. The van der Waals surface area contributed by atoms with Crippen molar-refractivity contribution >= 4 is 40.0 Å². The summed E-state index contributed by atoms with van der Waals surface area (Å²) in [5, 5.41) is 8.84. The van der Waals surface area contributed by atoms with E-state index in [4.69, 9.17) is 28.9 Å². The maximum Gasteiger partial charge on any atom is 0.324 e. The number of carbonyl (C=O) groups is 3. The number of nitrogens with one attached hydrogen (secondary N) is 2. The minimum Gasteiger partial charge on any atom is -0.464 e. The summed E-state index contributed by atoms with van der Waals surface area (Å²) in [7, 11) is 1.76. The average Bonchev–Trinajstić information content (AvgIpc) is 4.11. The summed E-state index contributed by atoms with van der Waals surface area (Å²) in [5.41, 5.74) is 11.1. The van der Waals surface area contributed by atoms with Crippen molar-refractivity contribution in [1.82, 2.24) is 40.1 Å². The van der Waals surface area contributed by atoms with Crippen LogP contribution in [0, 0.1) is 28.6 Å². The van der Waals surface area contributed by atoms with Crippen molar-refractivity contribution in [2.75, 3.05) is 66.3 Å². The number of pyridine rings is 1. The Hall–Kier alpha value is -4.29. The number of hydrogen-bond acceptors (Lipinski definition) is 13. The van der Waals surface area contributed by atoms with Gasteiger partial charge in [0.05, 0.1) is 48.5 Å². The lowest BCUT2D eigenvalue weighted by atomic mass is 9.82. The van der Waals surface area contributed by atoms with Crippen molar-refractivity contribution < 1.29 is 33.3 Å². The molecule has 8 atom stereocenters. The summed E-state index contributed by atoms with van der Waals surface area (Å²) in [6, 6.07) is 7.62. The van der Waals surface area contributed by atoms with Crippen LogP contribution in [0.5, 0.6) is 0 Å².